The summed E-state index contributed by atoms with van der Waals surface area (Å²) < 4.78 is 0. The molecular formula is C17H24N2O2. The summed E-state index contributed by atoms with van der Waals surface area (Å²) in [5, 5.41) is 2.69. The van der Waals surface area contributed by atoms with Gasteiger partial charge < -0.3 is 10.2 Å². The highest BCUT2D eigenvalue weighted by atomic mass is 16.2. The quantitative estimate of drug-likeness (QED) is 0.928. The fraction of sp³-hybridized carbons (Fsp3) is 0.529. The Labute approximate surface area is 126 Å². The minimum atomic E-state index is -0.516. The van der Waals surface area contributed by atoms with Gasteiger partial charge in [0.05, 0.1) is 6.54 Å². The van der Waals surface area contributed by atoms with Gasteiger partial charge in [0.25, 0.3) is 0 Å². The second-order valence-corrected chi connectivity index (χ2v) is 6.84. The van der Waals surface area contributed by atoms with Gasteiger partial charge in [-0.05, 0) is 16.9 Å². The summed E-state index contributed by atoms with van der Waals surface area (Å²) in [5.74, 6) is 0.194. The Kier molecular flexibility index (Phi) is 4.35. The summed E-state index contributed by atoms with van der Waals surface area (Å²) in [7, 11) is 0. The Balaban J connectivity index is 2.29. The number of amides is 2. The minimum absolute atomic E-state index is 0.0143. The minimum Gasteiger partial charge on any atom is -0.345 e. The molecule has 1 aromatic carbocycles. The monoisotopic (exact) mass is 288 g/mol. The van der Waals surface area contributed by atoms with Crippen molar-refractivity contribution in [3.63, 3.8) is 0 Å². The Morgan fingerprint density at radius 2 is 1.86 bits per heavy atom. The van der Waals surface area contributed by atoms with Gasteiger partial charge in [-0.2, -0.15) is 0 Å². The third-order valence-corrected chi connectivity index (χ3v) is 4.36. The zero-order chi connectivity index (χ0) is 15.6. The van der Waals surface area contributed by atoms with Gasteiger partial charge in [0, 0.05) is 6.54 Å². The average molecular weight is 288 g/mol. The molecule has 0 bridgehead atoms. The summed E-state index contributed by atoms with van der Waals surface area (Å²) in [6, 6.07) is 8.99. The van der Waals surface area contributed by atoms with E-state index in [-0.39, 0.29) is 23.8 Å². The normalized spacial score (nSPS) is 21.1. The van der Waals surface area contributed by atoms with Crippen LogP contribution in [-0.4, -0.2) is 29.8 Å². The van der Waals surface area contributed by atoms with Crippen molar-refractivity contribution >= 4 is 11.8 Å². The van der Waals surface area contributed by atoms with Crippen LogP contribution in [-0.2, 0) is 9.59 Å². The molecule has 4 heteroatoms. The van der Waals surface area contributed by atoms with Crippen molar-refractivity contribution < 1.29 is 9.59 Å². The van der Waals surface area contributed by atoms with Gasteiger partial charge in [-0.25, -0.2) is 0 Å². The predicted molar refractivity (Wildman–Crippen MR) is 82.5 cm³/mol. The highest BCUT2D eigenvalue weighted by Gasteiger charge is 2.37. The van der Waals surface area contributed by atoms with Gasteiger partial charge in [0.1, 0.15) is 6.04 Å². The van der Waals surface area contributed by atoms with E-state index in [1.165, 1.54) is 0 Å². The van der Waals surface area contributed by atoms with Gasteiger partial charge >= 0.3 is 0 Å². The molecule has 114 valence electrons. The molecule has 21 heavy (non-hydrogen) atoms. The molecule has 2 unspecified atom stereocenters. The number of carbonyl (C=O) groups excluding carboxylic acids is 2. The van der Waals surface area contributed by atoms with Crippen LogP contribution in [0.2, 0.25) is 0 Å². The SMILES string of the molecule is CC(CN1C(=O)CNC(=O)C1c1ccccc1)C(C)(C)C. The van der Waals surface area contributed by atoms with Crippen LogP contribution in [0.1, 0.15) is 39.3 Å². The van der Waals surface area contributed by atoms with Crippen molar-refractivity contribution in [1.29, 1.82) is 0 Å². The van der Waals surface area contributed by atoms with E-state index in [4.69, 9.17) is 0 Å². The second kappa shape index (κ2) is 5.88. The van der Waals surface area contributed by atoms with E-state index in [1.54, 1.807) is 4.90 Å². The Bertz CT molecular complexity index is 519. The fourth-order valence-corrected chi connectivity index (χ4v) is 2.39. The van der Waals surface area contributed by atoms with Crippen LogP contribution in [0.4, 0.5) is 0 Å². The van der Waals surface area contributed by atoms with E-state index in [0.29, 0.717) is 12.5 Å². The summed E-state index contributed by atoms with van der Waals surface area (Å²) in [6.45, 7) is 9.28. The second-order valence-electron chi connectivity index (χ2n) is 6.84. The summed E-state index contributed by atoms with van der Waals surface area (Å²) in [4.78, 5) is 26.3. The number of benzene rings is 1. The number of hydrogen-bond donors (Lipinski definition) is 1. The summed E-state index contributed by atoms with van der Waals surface area (Å²) >= 11 is 0. The first-order valence-corrected chi connectivity index (χ1v) is 7.43. The van der Waals surface area contributed by atoms with E-state index < -0.39 is 6.04 Å². The van der Waals surface area contributed by atoms with Crippen molar-refractivity contribution in [2.45, 2.75) is 33.7 Å². The molecule has 2 rings (SSSR count). The molecule has 0 aromatic heterocycles. The third-order valence-electron chi connectivity index (χ3n) is 4.36. The highest BCUT2D eigenvalue weighted by Crippen LogP contribution is 2.30. The van der Waals surface area contributed by atoms with Crippen LogP contribution < -0.4 is 5.32 Å². The molecule has 1 aliphatic heterocycles. The van der Waals surface area contributed by atoms with E-state index in [1.807, 2.05) is 30.3 Å². The molecule has 1 saturated heterocycles. The molecule has 1 heterocycles. The maximum Gasteiger partial charge on any atom is 0.247 e. The Morgan fingerprint density at radius 1 is 1.24 bits per heavy atom. The third kappa shape index (κ3) is 3.43. The number of hydrogen-bond acceptors (Lipinski definition) is 2. The number of piperazine rings is 1. The molecule has 1 fully saturated rings. The summed E-state index contributed by atoms with van der Waals surface area (Å²) in [6.07, 6.45) is 0. The first-order valence-electron chi connectivity index (χ1n) is 7.43. The zero-order valence-electron chi connectivity index (χ0n) is 13.2. The Morgan fingerprint density at radius 3 is 2.43 bits per heavy atom. The van der Waals surface area contributed by atoms with Gasteiger partial charge in [0.2, 0.25) is 11.8 Å². The van der Waals surface area contributed by atoms with Crippen LogP contribution >= 0.6 is 0 Å². The molecule has 1 aliphatic rings. The lowest BCUT2D eigenvalue weighted by Crippen LogP contribution is -2.55. The van der Waals surface area contributed by atoms with Crippen molar-refractivity contribution in [1.82, 2.24) is 10.2 Å². The summed E-state index contributed by atoms with van der Waals surface area (Å²) in [5.41, 5.74) is 0.958. The maximum absolute atomic E-state index is 12.3. The highest BCUT2D eigenvalue weighted by molar-refractivity contribution is 5.95. The van der Waals surface area contributed by atoms with Crippen molar-refractivity contribution in [2.24, 2.45) is 11.3 Å². The smallest absolute Gasteiger partial charge is 0.247 e. The van der Waals surface area contributed by atoms with Crippen LogP contribution in [0.25, 0.3) is 0 Å². The van der Waals surface area contributed by atoms with Crippen LogP contribution in [0, 0.1) is 11.3 Å². The van der Waals surface area contributed by atoms with Crippen molar-refractivity contribution in [2.75, 3.05) is 13.1 Å². The molecular weight excluding hydrogens is 264 g/mol. The van der Waals surface area contributed by atoms with Crippen molar-refractivity contribution in [3.05, 3.63) is 35.9 Å². The number of nitrogens with zero attached hydrogens (tertiary/aromatic N) is 1. The zero-order valence-corrected chi connectivity index (χ0v) is 13.2. The molecule has 2 atom stereocenters. The lowest BCUT2D eigenvalue weighted by Gasteiger charge is -2.39. The predicted octanol–water partition coefficient (Wildman–Crippen LogP) is 2.37. The van der Waals surface area contributed by atoms with Crippen molar-refractivity contribution in [3.8, 4) is 0 Å². The molecule has 2 amide bonds. The van der Waals surface area contributed by atoms with Gasteiger partial charge in [-0.15, -0.1) is 0 Å². The first-order chi connectivity index (χ1) is 9.80. The molecule has 1 N–H and O–H groups in total. The molecule has 0 aliphatic carbocycles. The van der Waals surface area contributed by atoms with E-state index in [9.17, 15) is 9.59 Å². The Hall–Kier alpha value is -1.84. The fourth-order valence-electron chi connectivity index (χ4n) is 2.39. The molecule has 0 radical (unpaired) electrons. The largest absolute Gasteiger partial charge is 0.345 e. The van der Waals surface area contributed by atoms with Crippen LogP contribution in [0.15, 0.2) is 30.3 Å². The number of nitrogens with one attached hydrogen (secondary N) is 1. The van der Waals surface area contributed by atoms with E-state index in [0.717, 1.165) is 5.56 Å². The van der Waals surface area contributed by atoms with Gasteiger partial charge in [0.15, 0.2) is 0 Å². The molecule has 4 nitrogen and oxygen atoms in total. The standard InChI is InChI=1S/C17H24N2O2/c1-12(17(2,3)4)11-19-14(20)10-18-16(21)15(19)13-8-6-5-7-9-13/h5-9,12,15H,10-11H2,1-4H3,(H,18,21). The first kappa shape index (κ1) is 15.5. The van der Waals surface area contributed by atoms with E-state index >= 15 is 0 Å². The van der Waals surface area contributed by atoms with Gasteiger partial charge in [-0.1, -0.05) is 58.0 Å². The lowest BCUT2D eigenvalue weighted by molar-refractivity contribution is -0.147. The van der Waals surface area contributed by atoms with Gasteiger partial charge in [-0.3, -0.25) is 9.59 Å². The molecule has 0 saturated carbocycles. The average Bonchev–Trinajstić information content (AvgIpc) is 2.43. The van der Waals surface area contributed by atoms with Crippen LogP contribution in [0.5, 0.6) is 0 Å². The number of carbonyl (C=O) groups is 2. The topological polar surface area (TPSA) is 49.4 Å². The van der Waals surface area contributed by atoms with E-state index in [2.05, 4.69) is 33.0 Å². The lowest BCUT2D eigenvalue weighted by atomic mass is 9.81. The molecule has 1 aromatic rings. The number of rotatable bonds is 3. The maximum atomic E-state index is 12.3. The molecule has 0 spiro atoms. The van der Waals surface area contributed by atoms with Crippen LogP contribution in [0.3, 0.4) is 0 Å².